The van der Waals surface area contributed by atoms with E-state index in [2.05, 4.69) is 10.6 Å². The maximum absolute atomic E-state index is 12.5. The molecule has 0 aliphatic carbocycles. The van der Waals surface area contributed by atoms with Gasteiger partial charge in [-0.25, -0.2) is 4.79 Å². The molecule has 0 unspecified atom stereocenters. The monoisotopic (exact) mass is 480 g/mol. The number of nitrogens with one attached hydrogen (secondary N) is 2. The molecule has 0 saturated heterocycles. The normalized spacial score (nSPS) is 10.9. The van der Waals surface area contributed by atoms with Gasteiger partial charge in [-0.05, 0) is 48.0 Å². The maximum Gasteiger partial charge on any atom is 0.355 e. The van der Waals surface area contributed by atoms with E-state index in [0.717, 1.165) is 9.79 Å². The average Bonchev–Trinajstić information content (AvgIpc) is 2.80. The topological polar surface area (TPSA) is 84.5 Å². The molecule has 0 aromatic heterocycles. The number of hydrogen-bond donors (Lipinski definition) is 2. The molecule has 0 spiro atoms. The summed E-state index contributed by atoms with van der Waals surface area (Å²) in [5, 5.41) is 5.84. The van der Waals surface area contributed by atoms with Crippen molar-refractivity contribution in [1.29, 1.82) is 0 Å². The first-order chi connectivity index (χ1) is 15.9. The predicted octanol–water partition coefficient (Wildman–Crippen LogP) is 5.15. The summed E-state index contributed by atoms with van der Waals surface area (Å²) >= 11 is 7.40. The van der Waals surface area contributed by atoms with E-state index < -0.39 is 24.4 Å². The third-order valence-electron chi connectivity index (χ3n) is 4.18. The van der Waals surface area contributed by atoms with Crippen LogP contribution in [0.15, 0.2) is 94.4 Å². The molecule has 168 valence electrons. The average molecular weight is 481 g/mol. The van der Waals surface area contributed by atoms with Gasteiger partial charge in [-0.15, -0.1) is 0 Å². The SMILES string of the molecule is CC(=O)N/C(=C/c1ccccc1)C(=O)OCC(=O)Nc1ccccc1Sc1ccc(Cl)cc1. The minimum Gasteiger partial charge on any atom is -0.451 e. The molecular weight excluding hydrogens is 460 g/mol. The number of ether oxygens (including phenoxy) is 1. The molecule has 3 aromatic carbocycles. The molecule has 0 saturated carbocycles. The Kier molecular flexibility index (Phi) is 8.69. The Hall–Kier alpha value is -3.55. The summed E-state index contributed by atoms with van der Waals surface area (Å²) in [7, 11) is 0. The Labute approximate surface area is 201 Å². The molecule has 0 radical (unpaired) electrons. The summed E-state index contributed by atoms with van der Waals surface area (Å²) in [6, 6.07) is 23.6. The lowest BCUT2D eigenvalue weighted by molar-refractivity contribution is -0.144. The second-order valence-electron chi connectivity index (χ2n) is 6.83. The Bertz CT molecular complexity index is 1160. The van der Waals surface area contributed by atoms with Gasteiger partial charge in [0.2, 0.25) is 5.91 Å². The van der Waals surface area contributed by atoms with Crippen molar-refractivity contribution >= 4 is 52.9 Å². The molecule has 3 aromatic rings. The fourth-order valence-corrected chi connectivity index (χ4v) is 3.76. The number of carbonyl (C=O) groups is 3. The van der Waals surface area contributed by atoms with Crippen LogP contribution in [0, 0.1) is 0 Å². The van der Waals surface area contributed by atoms with Gasteiger partial charge >= 0.3 is 5.97 Å². The number of halogens is 1. The Morgan fingerprint density at radius 2 is 1.61 bits per heavy atom. The molecular formula is C25H21ClN2O4S. The number of esters is 1. The quantitative estimate of drug-likeness (QED) is 0.344. The molecule has 0 heterocycles. The molecule has 2 amide bonds. The Morgan fingerprint density at radius 1 is 0.939 bits per heavy atom. The summed E-state index contributed by atoms with van der Waals surface area (Å²) in [5.74, 6) is -1.74. The predicted molar refractivity (Wildman–Crippen MR) is 130 cm³/mol. The van der Waals surface area contributed by atoms with Crippen LogP contribution in [-0.4, -0.2) is 24.4 Å². The fourth-order valence-electron chi connectivity index (χ4n) is 2.74. The van der Waals surface area contributed by atoms with Crippen LogP contribution in [0.4, 0.5) is 5.69 Å². The second-order valence-corrected chi connectivity index (χ2v) is 8.38. The van der Waals surface area contributed by atoms with Crippen molar-refractivity contribution in [3.8, 4) is 0 Å². The van der Waals surface area contributed by atoms with Crippen LogP contribution in [-0.2, 0) is 19.1 Å². The van der Waals surface area contributed by atoms with Crippen molar-refractivity contribution in [2.24, 2.45) is 0 Å². The highest BCUT2D eigenvalue weighted by Gasteiger charge is 2.16. The first-order valence-corrected chi connectivity index (χ1v) is 11.1. The molecule has 3 rings (SSSR count). The van der Waals surface area contributed by atoms with E-state index in [4.69, 9.17) is 16.3 Å². The summed E-state index contributed by atoms with van der Waals surface area (Å²) in [5.41, 5.74) is 1.23. The standard InChI is InChI=1S/C25H21ClN2O4S/c1-17(29)27-22(15-18-7-3-2-4-8-18)25(31)32-16-24(30)28-21-9-5-6-10-23(21)33-20-13-11-19(26)12-14-20/h2-15H,16H2,1H3,(H,27,29)(H,28,30)/b22-15+. The van der Waals surface area contributed by atoms with Crippen LogP contribution in [0.3, 0.4) is 0 Å². The molecule has 2 N–H and O–H groups in total. The number of anilines is 1. The first-order valence-electron chi connectivity index (χ1n) is 9.94. The van der Waals surface area contributed by atoms with Gasteiger partial charge in [0.1, 0.15) is 5.70 Å². The minimum absolute atomic E-state index is 0.0554. The van der Waals surface area contributed by atoms with Gasteiger partial charge in [0, 0.05) is 21.7 Å². The molecule has 8 heteroatoms. The zero-order valence-electron chi connectivity index (χ0n) is 17.7. The van der Waals surface area contributed by atoms with Crippen molar-refractivity contribution < 1.29 is 19.1 Å². The van der Waals surface area contributed by atoms with E-state index in [1.807, 2.05) is 30.3 Å². The third-order valence-corrected chi connectivity index (χ3v) is 5.51. The first kappa shape index (κ1) is 24.1. The second kappa shape index (κ2) is 11.9. The minimum atomic E-state index is -0.812. The molecule has 0 fully saturated rings. The number of para-hydroxylation sites is 1. The van der Waals surface area contributed by atoms with Gasteiger partial charge in [0.25, 0.3) is 5.91 Å². The summed E-state index contributed by atoms with van der Waals surface area (Å²) in [4.78, 5) is 38.2. The van der Waals surface area contributed by atoms with Gasteiger partial charge < -0.3 is 15.4 Å². The van der Waals surface area contributed by atoms with Crippen LogP contribution >= 0.6 is 23.4 Å². The van der Waals surface area contributed by atoms with Crippen LogP contribution in [0.5, 0.6) is 0 Å². The Morgan fingerprint density at radius 3 is 2.30 bits per heavy atom. The van der Waals surface area contributed by atoms with Crippen LogP contribution in [0.2, 0.25) is 5.02 Å². The van der Waals surface area contributed by atoms with Gasteiger partial charge in [0.05, 0.1) is 5.69 Å². The maximum atomic E-state index is 12.5. The Balaban J connectivity index is 1.63. The smallest absolute Gasteiger partial charge is 0.355 e. The third kappa shape index (κ3) is 7.82. The number of amides is 2. The van der Waals surface area contributed by atoms with E-state index in [9.17, 15) is 14.4 Å². The van der Waals surface area contributed by atoms with Gasteiger partial charge in [-0.2, -0.15) is 0 Å². The van der Waals surface area contributed by atoms with Crippen LogP contribution < -0.4 is 10.6 Å². The number of hydrogen-bond acceptors (Lipinski definition) is 5. The van der Waals surface area contributed by atoms with E-state index in [1.165, 1.54) is 24.8 Å². The highest BCUT2D eigenvalue weighted by Crippen LogP contribution is 2.33. The van der Waals surface area contributed by atoms with Crippen molar-refractivity contribution in [3.05, 3.63) is 95.1 Å². The highest BCUT2D eigenvalue weighted by atomic mass is 35.5. The van der Waals surface area contributed by atoms with Crippen molar-refractivity contribution in [3.63, 3.8) is 0 Å². The van der Waals surface area contributed by atoms with E-state index in [1.54, 1.807) is 48.5 Å². The highest BCUT2D eigenvalue weighted by molar-refractivity contribution is 7.99. The summed E-state index contributed by atoms with van der Waals surface area (Å²) < 4.78 is 5.13. The lowest BCUT2D eigenvalue weighted by atomic mass is 10.2. The van der Waals surface area contributed by atoms with Gasteiger partial charge in [0.15, 0.2) is 6.61 Å². The van der Waals surface area contributed by atoms with Crippen molar-refractivity contribution in [1.82, 2.24) is 5.32 Å². The number of carbonyl (C=O) groups excluding carboxylic acids is 3. The van der Waals surface area contributed by atoms with Gasteiger partial charge in [-0.1, -0.05) is 65.8 Å². The van der Waals surface area contributed by atoms with Crippen LogP contribution in [0.25, 0.3) is 6.08 Å². The molecule has 0 aliphatic rings. The number of rotatable bonds is 8. The van der Waals surface area contributed by atoms with E-state index >= 15 is 0 Å². The van der Waals surface area contributed by atoms with Crippen molar-refractivity contribution in [2.45, 2.75) is 16.7 Å². The van der Waals surface area contributed by atoms with Crippen molar-refractivity contribution in [2.75, 3.05) is 11.9 Å². The molecule has 0 bridgehead atoms. The zero-order valence-corrected chi connectivity index (χ0v) is 19.3. The lowest BCUT2D eigenvalue weighted by Gasteiger charge is -2.12. The molecule has 0 atom stereocenters. The molecule has 0 aliphatic heterocycles. The van der Waals surface area contributed by atoms with Gasteiger partial charge in [-0.3, -0.25) is 9.59 Å². The zero-order chi connectivity index (χ0) is 23.6. The summed E-state index contributed by atoms with van der Waals surface area (Å²) in [6.07, 6.45) is 1.49. The van der Waals surface area contributed by atoms with E-state index in [-0.39, 0.29) is 5.70 Å². The fraction of sp³-hybridized carbons (Fsp3) is 0.0800. The molecule has 6 nitrogen and oxygen atoms in total. The van der Waals surface area contributed by atoms with Crippen LogP contribution in [0.1, 0.15) is 12.5 Å². The molecule has 33 heavy (non-hydrogen) atoms. The van der Waals surface area contributed by atoms with E-state index in [0.29, 0.717) is 16.3 Å². The largest absolute Gasteiger partial charge is 0.451 e. The number of benzene rings is 3. The summed E-state index contributed by atoms with van der Waals surface area (Å²) in [6.45, 7) is 0.776. The lowest BCUT2D eigenvalue weighted by Crippen LogP contribution is -2.29.